The maximum absolute atomic E-state index is 12.7. The highest BCUT2D eigenvalue weighted by Gasteiger charge is 2.18. The number of nitrogens with one attached hydrogen (secondary N) is 3. The number of carbonyl (C=O) groups is 1. The summed E-state index contributed by atoms with van der Waals surface area (Å²) in [7, 11) is -2.03. The lowest BCUT2D eigenvalue weighted by Gasteiger charge is -2.09. The van der Waals surface area contributed by atoms with E-state index in [1.54, 1.807) is 29.8 Å². The highest BCUT2D eigenvalue weighted by Crippen LogP contribution is 2.32. The molecule has 8 nitrogen and oxygen atoms in total. The van der Waals surface area contributed by atoms with Gasteiger partial charge in [0.05, 0.1) is 21.1 Å². The summed E-state index contributed by atoms with van der Waals surface area (Å²) in [5, 5.41) is 10.4. The zero-order chi connectivity index (χ0) is 21.5. The normalized spacial score (nSPS) is 11.6. The monoisotopic (exact) mass is 463 g/mol. The zero-order valence-electron chi connectivity index (χ0n) is 15.5. The molecule has 0 atom stereocenters. The second kappa shape index (κ2) is 7.67. The van der Waals surface area contributed by atoms with Gasteiger partial charge >= 0.3 is 0 Å². The Labute approximate surface area is 181 Å². The third-order valence-corrected chi connectivity index (χ3v) is 6.71. The molecule has 0 bridgehead atoms. The van der Waals surface area contributed by atoms with E-state index in [2.05, 4.69) is 20.2 Å². The lowest BCUT2D eigenvalue weighted by Crippen LogP contribution is -2.16. The number of halogens is 2. The number of fused-ring (bicyclic) bond motifs is 1. The average Bonchev–Trinajstić information content (AvgIpc) is 3.33. The minimum Gasteiger partial charge on any atom is -0.340 e. The molecule has 0 radical (unpaired) electrons. The molecule has 0 fully saturated rings. The number of benzene rings is 2. The van der Waals surface area contributed by atoms with E-state index in [-0.39, 0.29) is 16.6 Å². The molecule has 0 aliphatic heterocycles. The Hall–Kier alpha value is -3.01. The van der Waals surface area contributed by atoms with Crippen molar-refractivity contribution >= 4 is 61.5 Å². The maximum atomic E-state index is 12.7. The Kier molecular flexibility index (Phi) is 5.19. The molecule has 4 aromatic rings. The van der Waals surface area contributed by atoms with Crippen LogP contribution in [0.5, 0.6) is 0 Å². The molecule has 11 heteroatoms. The minimum atomic E-state index is -3.78. The van der Waals surface area contributed by atoms with Gasteiger partial charge in [0, 0.05) is 29.7 Å². The Bertz CT molecular complexity index is 1350. The van der Waals surface area contributed by atoms with Crippen LogP contribution in [0.15, 0.2) is 59.6 Å². The number of nitrogens with zero attached hydrogens (tertiary/aromatic N) is 2. The number of aromatic nitrogens is 3. The number of hydrogen-bond acceptors (Lipinski definition) is 4. The van der Waals surface area contributed by atoms with Crippen molar-refractivity contribution in [2.45, 2.75) is 4.90 Å². The van der Waals surface area contributed by atoms with E-state index in [1.165, 1.54) is 36.5 Å². The van der Waals surface area contributed by atoms with Gasteiger partial charge in [0.2, 0.25) is 0 Å². The fourth-order valence-corrected chi connectivity index (χ4v) is 4.39. The molecular weight excluding hydrogens is 449 g/mol. The van der Waals surface area contributed by atoms with Gasteiger partial charge in [-0.3, -0.25) is 14.6 Å². The summed E-state index contributed by atoms with van der Waals surface area (Å²) in [5.74, 6) is -0.117. The third-order valence-electron chi connectivity index (χ3n) is 4.51. The molecule has 30 heavy (non-hydrogen) atoms. The number of amides is 1. The van der Waals surface area contributed by atoms with Gasteiger partial charge in [0.1, 0.15) is 11.5 Å². The van der Waals surface area contributed by atoms with Gasteiger partial charge in [-0.15, -0.1) is 0 Å². The van der Waals surface area contributed by atoms with Crippen molar-refractivity contribution in [2.24, 2.45) is 7.05 Å². The Morgan fingerprint density at radius 3 is 2.50 bits per heavy atom. The Morgan fingerprint density at radius 1 is 1.10 bits per heavy atom. The Morgan fingerprint density at radius 2 is 1.83 bits per heavy atom. The quantitative estimate of drug-likeness (QED) is 0.410. The molecule has 0 spiro atoms. The van der Waals surface area contributed by atoms with E-state index in [4.69, 9.17) is 23.2 Å². The van der Waals surface area contributed by atoms with Crippen molar-refractivity contribution in [3.05, 3.63) is 70.5 Å². The second-order valence-electron chi connectivity index (χ2n) is 6.44. The first-order valence-corrected chi connectivity index (χ1v) is 10.9. The number of H-pyrrole nitrogens is 1. The summed E-state index contributed by atoms with van der Waals surface area (Å²) >= 11 is 12.3. The van der Waals surface area contributed by atoms with Crippen LogP contribution in [0.3, 0.4) is 0 Å². The first kappa shape index (κ1) is 20.3. The van der Waals surface area contributed by atoms with Crippen molar-refractivity contribution in [2.75, 3.05) is 10.0 Å². The van der Waals surface area contributed by atoms with Gasteiger partial charge < -0.3 is 9.88 Å². The van der Waals surface area contributed by atoms with E-state index >= 15 is 0 Å². The smallest absolute Gasteiger partial charge is 0.272 e. The molecule has 2 aromatic heterocycles. The summed E-state index contributed by atoms with van der Waals surface area (Å²) in [6, 6.07) is 12.4. The maximum Gasteiger partial charge on any atom is 0.272 e. The second-order valence-corrected chi connectivity index (χ2v) is 8.90. The minimum absolute atomic E-state index is 0.0427. The summed E-state index contributed by atoms with van der Waals surface area (Å²) in [4.78, 5) is 12.8. The fourth-order valence-electron chi connectivity index (χ4n) is 3.00. The van der Waals surface area contributed by atoms with Gasteiger partial charge in [-0.25, -0.2) is 8.42 Å². The van der Waals surface area contributed by atoms with Crippen LogP contribution in [-0.2, 0) is 17.1 Å². The molecule has 0 unspecified atom stereocenters. The molecule has 2 aromatic carbocycles. The predicted molar refractivity (Wildman–Crippen MR) is 117 cm³/mol. The molecule has 154 valence electrons. The van der Waals surface area contributed by atoms with Crippen molar-refractivity contribution < 1.29 is 13.2 Å². The molecule has 0 aliphatic rings. The van der Waals surface area contributed by atoms with E-state index in [9.17, 15) is 13.2 Å². The van der Waals surface area contributed by atoms with Crippen molar-refractivity contribution in [1.29, 1.82) is 0 Å². The van der Waals surface area contributed by atoms with Crippen LogP contribution in [0.1, 0.15) is 10.5 Å². The lowest BCUT2D eigenvalue weighted by atomic mass is 10.2. The largest absolute Gasteiger partial charge is 0.340 e. The molecule has 0 saturated carbocycles. The SMILES string of the molecule is Cn1c(C(=O)Nc2ccc(S(=O)(=O)Nc3ccn[nH]3)cc2)cc2c(Cl)c(Cl)ccc21. The van der Waals surface area contributed by atoms with Crippen LogP contribution in [0, 0.1) is 0 Å². The van der Waals surface area contributed by atoms with Crippen LogP contribution in [0.25, 0.3) is 10.9 Å². The highest BCUT2D eigenvalue weighted by molar-refractivity contribution is 7.92. The van der Waals surface area contributed by atoms with Crippen LogP contribution in [0.4, 0.5) is 11.5 Å². The zero-order valence-corrected chi connectivity index (χ0v) is 17.8. The van der Waals surface area contributed by atoms with Crippen LogP contribution < -0.4 is 10.0 Å². The van der Waals surface area contributed by atoms with E-state index in [0.29, 0.717) is 26.8 Å². The first-order valence-electron chi connectivity index (χ1n) is 8.63. The standard InChI is InChI=1S/C19H15Cl2N5O3S/c1-26-15-7-6-14(20)18(21)13(15)10-16(26)19(27)23-11-2-4-12(5-3-11)30(28,29)25-17-8-9-22-24-17/h2-10H,1H3,(H,23,27)(H2,22,24,25). The molecular formula is C19H15Cl2N5O3S. The Balaban J connectivity index is 1.55. The molecule has 0 saturated heterocycles. The van der Waals surface area contributed by atoms with Gasteiger partial charge in [-0.2, -0.15) is 5.10 Å². The molecule has 1 amide bonds. The third kappa shape index (κ3) is 3.74. The molecule has 0 aliphatic carbocycles. The predicted octanol–water partition coefficient (Wildman–Crippen LogP) is 4.26. The van der Waals surface area contributed by atoms with Crippen LogP contribution in [-0.4, -0.2) is 29.1 Å². The fraction of sp³-hybridized carbons (Fsp3) is 0.0526. The number of rotatable bonds is 5. The van der Waals surface area contributed by atoms with Crippen molar-refractivity contribution in [3.8, 4) is 0 Å². The number of hydrogen-bond donors (Lipinski definition) is 3. The molecule has 4 rings (SSSR count). The molecule has 2 heterocycles. The number of aromatic amines is 1. The van der Waals surface area contributed by atoms with E-state index in [1.807, 2.05) is 0 Å². The first-order chi connectivity index (χ1) is 14.3. The average molecular weight is 464 g/mol. The van der Waals surface area contributed by atoms with E-state index < -0.39 is 10.0 Å². The number of anilines is 2. The summed E-state index contributed by atoms with van der Waals surface area (Å²) < 4.78 is 28.9. The van der Waals surface area contributed by atoms with E-state index in [0.717, 1.165) is 5.52 Å². The topological polar surface area (TPSA) is 109 Å². The number of aryl methyl sites for hydroxylation is 1. The summed E-state index contributed by atoms with van der Waals surface area (Å²) in [5.41, 5.74) is 1.59. The van der Waals surface area contributed by atoms with Crippen molar-refractivity contribution in [3.63, 3.8) is 0 Å². The summed E-state index contributed by atoms with van der Waals surface area (Å²) in [6.07, 6.45) is 1.44. The van der Waals surface area contributed by atoms with Crippen LogP contribution in [0.2, 0.25) is 10.0 Å². The molecule has 3 N–H and O–H groups in total. The highest BCUT2D eigenvalue weighted by atomic mass is 35.5. The lowest BCUT2D eigenvalue weighted by molar-refractivity contribution is 0.101. The summed E-state index contributed by atoms with van der Waals surface area (Å²) in [6.45, 7) is 0. The van der Waals surface area contributed by atoms with Crippen molar-refractivity contribution in [1.82, 2.24) is 14.8 Å². The van der Waals surface area contributed by atoms with Gasteiger partial charge in [-0.05, 0) is 42.5 Å². The number of carbonyl (C=O) groups excluding carboxylic acids is 1. The van der Waals surface area contributed by atoms with Gasteiger partial charge in [-0.1, -0.05) is 23.2 Å². The van der Waals surface area contributed by atoms with Gasteiger partial charge in [0.25, 0.3) is 15.9 Å². The van der Waals surface area contributed by atoms with Gasteiger partial charge in [0.15, 0.2) is 0 Å². The number of sulfonamides is 1. The van der Waals surface area contributed by atoms with Crippen LogP contribution >= 0.6 is 23.2 Å².